The van der Waals surface area contributed by atoms with Crippen LogP contribution in [-0.4, -0.2) is 28.3 Å². The fraction of sp³-hybridized carbons (Fsp3) is 0.200. The molecule has 0 radical (unpaired) electrons. The first-order valence-corrected chi connectivity index (χ1v) is 12.6. The van der Waals surface area contributed by atoms with Gasteiger partial charge in [0.2, 0.25) is 5.91 Å². The molecule has 4 heterocycles. The normalized spacial score (nSPS) is 18.8. The molecule has 7 rings (SSSR count). The van der Waals surface area contributed by atoms with Crippen LogP contribution in [-0.2, 0) is 29.5 Å². The summed E-state index contributed by atoms with van der Waals surface area (Å²) in [6.07, 6.45) is 5.17. The number of carbonyl (C=O) groups excluding carboxylic acids is 2. The molecule has 4 aromatic rings. The second-order valence-corrected chi connectivity index (χ2v) is 10.2. The fourth-order valence-corrected chi connectivity index (χ4v) is 6.12. The zero-order valence-electron chi connectivity index (χ0n) is 20.7. The van der Waals surface area contributed by atoms with Crippen LogP contribution in [0.2, 0.25) is 0 Å². The molecule has 0 fully saturated rings. The summed E-state index contributed by atoms with van der Waals surface area (Å²) >= 11 is 0. The molecular formula is C30H24FN5O2. The number of nitrogens with one attached hydrogen (secondary N) is 2. The average molecular weight is 506 g/mol. The number of aromatic nitrogens is 2. The molecular weight excluding hydrogens is 481 g/mol. The Kier molecular flexibility index (Phi) is 4.88. The summed E-state index contributed by atoms with van der Waals surface area (Å²) in [7, 11) is 0. The molecule has 2 aromatic carbocycles. The standard InChI is InChI=1S/C30H24FN5O2/c1-17-22-9-12-36(25(22)7-6-24(17)31)28(37)18-8-11-32-26(14-18)34-21-5-4-19-15-30(16-20(19)13-21)23-3-2-10-33-27(23)35-29(30)38/h2-8,10-11,13-14H,9,12,15-16H2,1H3,(H,32,34)(H,33,35,38). The minimum Gasteiger partial charge on any atom is -0.340 e. The number of rotatable bonds is 3. The monoisotopic (exact) mass is 505 g/mol. The highest BCUT2D eigenvalue weighted by Crippen LogP contribution is 2.47. The van der Waals surface area contributed by atoms with Crippen LogP contribution in [0.25, 0.3) is 0 Å². The molecule has 3 aliphatic rings. The van der Waals surface area contributed by atoms with Crippen LogP contribution in [0.5, 0.6) is 0 Å². The van der Waals surface area contributed by atoms with Gasteiger partial charge in [-0.15, -0.1) is 0 Å². The van der Waals surface area contributed by atoms with Crippen molar-refractivity contribution in [3.8, 4) is 0 Å². The molecule has 38 heavy (non-hydrogen) atoms. The van der Waals surface area contributed by atoms with Crippen LogP contribution in [0.3, 0.4) is 0 Å². The third kappa shape index (κ3) is 3.33. The highest BCUT2D eigenvalue weighted by atomic mass is 19.1. The minimum atomic E-state index is -0.623. The molecule has 2 N–H and O–H groups in total. The summed E-state index contributed by atoms with van der Waals surface area (Å²) in [5.74, 6) is 0.798. The predicted molar refractivity (Wildman–Crippen MR) is 142 cm³/mol. The number of nitrogens with zero attached hydrogens (tertiary/aromatic N) is 3. The number of amides is 2. The molecule has 0 saturated carbocycles. The molecule has 1 atom stereocenters. The maximum absolute atomic E-state index is 14.0. The minimum absolute atomic E-state index is 0.00814. The van der Waals surface area contributed by atoms with Gasteiger partial charge in [0.15, 0.2) is 0 Å². The van der Waals surface area contributed by atoms with E-state index in [1.165, 1.54) is 6.07 Å². The summed E-state index contributed by atoms with van der Waals surface area (Å²) in [5, 5.41) is 6.26. The molecule has 1 aliphatic carbocycles. The number of pyridine rings is 2. The Labute approximate surface area is 218 Å². The van der Waals surface area contributed by atoms with Crippen LogP contribution in [0, 0.1) is 12.7 Å². The van der Waals surface area contributed by atoms with Crippen molar-refractivity contribution in [2.45, 2.75) is 31.6 Å². The summed E-state index contributed by atoms with van der Waals surface area (Å²) in [4.78, 5) is 36.8. The van der Waals surface area contributed by atoms with E-state index in [9.17, 15) is 14.0 Å². The molecule has 188 valence electrons. The van der Waals surface area contributed by atoms with Crippen LogP contribution < -0.4 is 15.5 Å². The van der Waals surface area contributed by atoms with Crippen molar-refractivity contribution in [2.75, 3.05) is 22.1 Å². The van der Waals surface area contributed by atoms with E-state index in [0.717, 1.165) is 33.6 Å². The van der Waals surface area contributed by atoms with Gasteiger partial charge in [-0.1, -0.05) is 12.1 Å². The third-order valence-electron chi connectivity index (χ3n) is 8.09. The van der Waals surface area contributed by atoms with Crippen molar-refractivity contribution >= 4 is 34.8 Å². The Balaban J connectivity index is 1.13. The molecule has 0 bridgehead atoms. The first-order valence-electron chi connectivity index (χ1n) is 12.6. The molecule has 1 spiro atoms. The van der Waals surface area contributed by atoms with Crippen LogP contribution in [0.15, 0.2) is 67.0 Å². The van der Waals surface area contributed by atoms with Gasteiger partial charge in [-0.3, -0.25) is 9.59 Å². The van der Waals surface area contributed by atoms with Crippen molar-refractivity contribution in [1.82, 2.24) is 9.97 Å². The SMILES string of the molecule is Cc1c(F)ccc2c1CCN2C(=O)c1ccnc(Nc2ccc3c(c2)CC2(C3)C(=O)Nc3ncccc32)c1. The van der Waals surface area contributed by atoms with Crippen molar-refractivity contribution < 1.29 is 14.0 Å². The van der Waals surface area contributed by atoms with E-state index in [0.29, 0.717) is 48.6 Å². The van der Waals surface area contributed by atoms with Crippen molar-refractivity contribution in [3.63, 3.8) is 0 Å². The van der Waals surface area contributed by atoms with Crippen LogP contribution in [0.4, 0.5) is 27.4 Å². The summed E-state index contributed by atoms with van der Waals surface area (Å²) in [6, 6.07) is 16.4. The highest BCUT2D eigenvalue weighted by Gasteiger charge is 2.51. The predicted octanol–water partition coefficient (Wildman–Crippen LogP) is 4.86. The van der Waals surface area contributed by atoms with Gasteiger partial charge in [-0.25, -0.2) is 14.4 Å². The Morgan fingerprint density at radius 3 is 2.82 bits per heavy atom. The molecule has 2 aliphatic heterocycles. The molecule has 2 amide bonds. The van der Waals surface area contributed by atoms with Crippen molar-refractivity contribution in [2.24, 2.45) is 0 Å². The Morgan fingerprint density at radius 2 is 1.92 bits per heavy atom. The van der Waals surface area contributed by atoms with Gasteiger partial charge in [-0.2, -0.15) is 0 Å². The molecule has 7 nitrogen and oxygen atoms in total. The summed E-state index contributed by atoms with van der Waals surface area (Å²) in [6.45, 7) is 2.27. The third-order valence-corrected chi connectivity index (χ3v) is 8.09. The van der Waals surface area contributed by atoms with E-state index in [4.69, 9.17) is 0 Å². The van der Waals surface area contributed by atoms with Gasteiger partial charge in [0, 0.05) is 41.4 Å². The molecule has 1 unspecified atom stereocenters. The lowest BCUT2D eigenvalue weighted by Crippen LogP contribution is -2.35. The van der Waals surface area contributed by atoms with E-state index >= 15 is 0 Å². The van der Waals surface area contributed by atoms with E-state index in [1.54, 1.807) is 42.4 Å². The van der Waals surface area contributed by atoms with Gasteiger partial charge in [0.05, 0.1) is 5.41 Å². The zero-order valence-corrected chi connectivity index (χ0v) is 20.7. The number of hydrogen-bond donors (Lipinski definition) is 2. The van der Waals surface area contributed by atoms with Crippen molar-refractivity contribution in [1.29, 1.82) is 0 Å². The van der Waals surface area contributed by atoms with Crippen LogP contribution >= 0.6 is 0 Å². The highest BCUT2D eigenvalue weighted by molar-refractivity contribution is 6.08. The summed E-state index contributed by atoms with van der Waals surface area (Å²) < 4.78 is 14.0. The lowest BCUT2D eigenvalue weighted by atomic mass is 9.79. The molecule has 8 heteroatoms. The van der Waals surface area contributed by atoms with Gasteiger partial charge >= 0.3 is 0 Å². The van der Waals surface area contributed by atoms with Gasteiger partial charge < -0.3 is 15.5 Å². The number of halogens is 1. The Morgan fingerprint density at radius 1 is 1.05 bits per heavy atom. The smallest absolute Gasteiger partial charge is 0.258 e. The van der Waals surface area contributed by atoms with Crippen LogP contribution in [0.1, 0.15) is 38.2 Å². The number of hydrogen-bond acceptors (Lipinski definition) is 5. The second kappa shape index (κ2) is 8.21. The van der Waals surface area contributed by atoms with Crippen molar-refractivity contribution in [3.05, 3.63) is 106 Å². The van der Waals surface area contributed by atoms with E-state index in [-0.39, 0.29) is 17.6 Å². The summed E-state index contributed by atoms with van der Waals surface area (Å²) in [5.41, 5.74) is 6.15. The Bertz CT molecular complexity index is 1670. The zero-order chi connectivity index (χ0) is 26.0. The Hall–Kier alpha value is -4.59. The number of benzene rings is 2. The number of anilines is 4. The number of fused-ring (bicyclic) bond motifs is 4. The quantitative estimate of drug-likeness (QED) is 0.415. The maximum Gasteiger partial charge on any atom is 0.258 e. The largest absolute Gasteiger partial charge is 0.340 e. The first-order chi connectivity index (χ1) is 18.4. The van der Waals surface area contributed by atoms with Gasteiger partial charge in [0.25, 0.3) is 5.91 Å². The first kappa shape index (κ1) is 22.6. The lowest BCUT2D eigenvalue weighted by Gasteiger charge is -2.20. The lowest BCUT2D eigenvalue weighted by molar-refractivity contribution is -0.120. The van der Waals surface area contributed by atoms with Gasteiger partial charge in [0.1, 0.15) is 17.5 Å². The molecule has 0 saturated heterocycles. The fourth-order valence-electron chi connectivity index (χ4n) is 6.12. The van der Waals surface area contributed by atoms with Gasteiger partial charge in [-0.05, 0) is 90.9 Å². The topological polar surface area (TPSA) is 87.2 Å². The van der Waals surface area contributed by atoms with E-state index < -0.39 is 5.41 Å². The van der Waals surface area contributed by atoms with E-state index in [1.807, 2.05) is 24.3 Å². The number of carbonyl (C=O) groups is 2. The second-order valence-electron chi connectivity index (χ2n) is 10.2. The maximum atomic E-state index is 14.0. The molecule has 2 aromatic heterocycles. The van der Waals surface area contributed by atoms with E-state index in [2.05, 4.69) is 26.7 Å². The average Bonchev–Trinajstić information content (AvgIpc) is 3.60.